The van der Waals surface area contributed by atoms with E-state index in [-0.39, 0.29) is 5.41 Å². The van der Waals surface area contributed by atoms with Gasteiger partial charge >= 0.3 is 214 Å². The summed E-state index contributed by atoms with van der Waals surface area (Å²) in [5.41, 5.74) is 12.2. The molecule has 1 aliphatic rings. The molecule has 0 saturated heterocycles. The summed E-state index contributed by atoms with van der Waals surface area (Å²) >= 11 is -0.476. The maximum absolute atomic E-state index is 6.77. The van der Waals surface area contributed by atoms with Gasteiger partial charge in [0, 0.05) is 12.1 Å². The van der Waals surface area contributed by atoms with E-state index in [1.807, 2.05) is 6.07 Å². The van der Waals surface area contributed by atoms with Crippen LogP contribution in [0.4, 0.5) is 22.7 Å². The van der Waals surface area contributed by atoms with E-state index in [0.717, 1.165) is 73.4 Å². The molecule has 60 heavy (non-hydrogen) atoms. The van der Waals surface area contributed by atoms with Crippen LogP contribution in [0.5, 0.6) is 11.5 Å². The molecule has 0 unspecified atom stereocenters. The number of aromatic nitrogens is 2. The Kier molecular flexibility index (Phi) is 8.76. The van der Waals surface area contributed by atoms with Gasteiger partial charge in [-0.05, 0) is 27.8 Å². The molecule has 11 rings (SSSR count). The van der Waals surface area contributed by atoms with E-state index in [9.17, 15) is 0 Å². The third kappa shape index (κ3) is 6.20. The second-order valence-corrected chi connectivity index (χ2v) is 18.8. The van der Waals surface area contributed by atoms with Gasteiger partial charge in [0.15, 0.2) is 0 Å². The van der Waals surface area contributed by atoms with Gasteiger partial charge in [-0.3, -0.25) is 0 Å². The number of para-hydroxylation sites is 4. The number of pyridine rings is 1. The van der Waals surface area contributed by atoms with E-state index in [1.165, 1.54) is 25.3 Å². The third-order valence-corrected chi connectivity index (χ3v) is 13.7. The number of hydrogen-bond donors (Lipinski definition) is 0. The first-order valence-corrected chi connectivity index (χ1v) is 22.8. The van der Waals surface area contributed by atoms with Crippen molar-refractivity contribution >= 4 is 79.9 Å². The van der Waals surface area contributed by atoms with Crippen LogP contribution in [0.3, 0.4) is 0 Å². The van der Waals surface area contributed by atoms with Crippen molar-refractivity contribution in [3.63, 3.8) is 0 Å². The summed E-state index contributed by atoms with van der Waals surface area (Å²) in [5, 5.41) is 3.68. The van der Waals surface area contributed by atoms with Gasteiger partial charge in [0.25, 0.3) is 11.4 Å². The summed E-state index contributed by atoms with van der Waals surface area (Å²) < 4.78 is 17.1. The number of rotatable bonds is 7. The van der Waals surface area contributed by atoms with Crippen molar-refractivity contribution in [2.75, 3.05) is 0 Å². The molecule has 5 nitrogen and oxygen atoms in total. The van der Waals surface area contributed by atoms with Crippen molar-refractivity contribution in [3.05, 3.63) is 192 Å². The molecule has 3 aromatic heterocycles. The fourth-order valence-electron chi connectivity index (χ4n) is 8.66. The molecule has 0 bridgehead atoms. The van der Waals surface area contributed by atoms with Gasteiger partial charge in [-0.2, -0.15) is 0 Å². The third-order valence-electron chi connectivity index (χ3n) is 11.4. The minimum absolute atomic E-state index is 0.0152. The molecule has 4 heterocycles. The van der Waals surface area contributed by atoms with Crippen molar-refractivity contribution in [2.24, 2.45) is 0 Å². The van der Waals surface area contributed by atoms with Gasteiger partial charge in [-0.1, -0.05) is 78.9 Å². The Morgan fingerprint density at radius 3 is 1.92 bits per heavy atom. The molecule has 0 fully saturated rings. The van der Waals surface area contributed by atoms with Gasteiger partial charge in [0.2, 0.25) is 5.69 Å². The molecule has 0 radical (unpaired) electrons. The SMILES string of the molecule is CC(C)(C)c1cc(-n2c3ccccc3c3ccc(Oc4cccc([N+]5=C=[N+](c6c(-c7ccccc7)cccc6-c6ccccc6)c6ccccc65)c4)cc32)nc2[te]ccc12. The van der Waals surface area contributed by atoms with Crippen molar-refractivity contribution in [2.45, 2.75) is 26.2 Å². The van der Waals surface area contributed by atoms with Crippen LogP contribution in [0.2, 0.25) is 0 Å². The fraction of sp³-hybridized carbons (Fsp3) is 0.0741. The summed E-state index contributed by atoms with van der Waals surface area (Å²) in [5.74, 6) is 2.46. The van der Waals surface area contributed by atoms with E-state index in [0.29, 0.717) is 0 Å². The zero-order valence-corrected chi connectivity index (χ0v) is 35.8. The molecule has 7 aromatic carbocycles. The summed E-state index contributed by atoms with van der Waals surface area (Å²) in [6.07, 6.45) is 0. The van der Waals surface area contributed by atoms with Gasteiger partial charge in [0.1, 0.15) is 0 Å². The Morgan fingerprint density at radius 1 is 0.550 bits per heavy atom. The average Bonchev–Trinajstić information content (AvgIpc) is 4.00. The Balaban J connectivity index is 1.04. The number of ether oxygens (including phenoxy) is 1. The quantitative estimate of drug-likeness (QED) is 0.118. The molecule has 0 saturated carbocycles. The van der Waals surface area contributed by atoms with E-state index in [1.54, 1.807) is 0 Å². The molecular weight excluding hydrogens is 848 g/mol. The van der Waals surface area contributed by atoms with Crippen LogP contribution in [0.1, 0.15) is 26.3 Å². The van der Waals surface area contributed by atoms with Gasteiger partial charge < -0.3 is 0 Å². The molecule has 6 heteroatoms. The monoisotopic (exact) mass is 890 g/mol. The van der Waals surface area contributed by atoms with Crippen LogP contribution >= 0.6 is 0 Å². The van der Waals surface area contributed by atoms with Gasteiger partial charge in [-0.15, -0.1) is 0 Å². The number of fused-ring (bicyclic) bond motifs is 5. The first-order chi connectivity index (χ1) is 29.4. The summed E-state index contributed by atoms with van der Waals surface area (Å²) in [4.78, 5) is 5.33. The molecule has 0 aliphatic carbocycles. The first kappa shape index (κ1) is 36.3. The second-order valence-electron chi connectivity index (χ2n) is 16.2. The van der Waals surface area contributed by atoms with Crippen molar-refractivity contribution in [3.8, 4) is 39.6 Å². The Bertz CT molecular complexity index is 3310. The van der Waals surface area contributed by atoms with Crippen LogP contribution in [-0.4, -0.2) is 36.0 Å². The van der Waals surface area contributed by atoms with Crippen LogP contribution in [0.25, 0.3) is 58.8 Å². The molecule has 10 aromatic rings. The average molecular weight is 889 g/mol. The number of benzene rings is 7. The van der Waals surface area contributed by atoms with Gasteiger partial charge in [-0.25, -0.2) is 0 Å². The first-order valence-electron chi connectivity index (χ1n) is 20.3. The van der Waals surface area contributed by atoms with E-state index in [4.69, 9.17) is 9.72 Å². The van der Waals surface area contributed by atoms with E-state index >= 15 is 0 Å². The standard InChI is InChI=1S/C54H40N4OTe/c1-54(2,3)46-34-51(55-53-45(46)30-31-60-53)58-47-25-11-10-22-43(47)44-29-28-40(33-50(44)58)59-39-21-14-20-38(32-39)56-35-57(49-27-13-12-26-48(49)56)52-41(36-16-6-4-7-17-36)23-15-24-42(52)37-18-8-5-9-19-37/h4-34H,1-3H3/q+2. The Morgan fingerprint density at radius 2 is 1.18 bits per heavy atom. The van der Waals surface area contributed by atoms with E-state index < -0.39 is 20.4 Å². The fourth-order valence-corrected chi connectivity index (χ4v) is 10.9. The molecular formula is C54H40N4OTe+2. The molecule has 1 aliphatic heterocycles. The summed E-state index contributed by atoms with van der Waals surface area (Å²) in [7, 11) is 0. The second kappa shape index (κ2) is 14.5. The normalized spacial score (nSPS) is 12.5. The minimum atomic E-state index is -0.476. The Hall–Kier alpha value is -6.80. The van der Waals surface area contributed by atoms with E-state index in [2.05, 4.69) is 221 Å². The molecule has 286 valence electrons. The van der Waals surface area contributed by atoms with Crippen LogP contribution in [0, 0.1) is 0 Å². The van der Waals surface area contributed by atoms with Crippen LogP contribution < -0.4 is 13.9 Å². The number of hydrogen-bond acceptors (Lipinski definition) is 2. The zero-order chi connectivity index (χ0) is 40.4. The predicted molar refractivity (Wildman–Crippen MR) is 250 cm³/mol. The Labute approximate surface area is 358 Å². The summed E-state index contributed by atoms with van der Waals surface area (Å²) in [6, 6.07) is 68.1. The molecule has 0 atom stereocenters. The van der Waals surface area contributed by atoms with Crippen molar-refractivity contribution < 1.29 is 4.74 Å². The molecule has 0 amide bonds. The molecule has 0 spiro atoms. The topological polar surface area (TPSA) is 33.1 Å². The molecule has 0 N–H and O–H groups in total. The van der Waals surface area contributed by atoms with Crippen LogP contribution in [-0.2, 0) is 5.41 Å². The van der Waals surface area contributed by atoms with Crippen molar-refractivity contribution in [1.29, 1.82) is 0 Å². The van der Waals surface area contributed by atoms with Gasteiger partial charge in [0.05, 0.1) is 11.1 Å². The van der Waals surface area contributed by atoms with Crippen LogP contribution in [0.15, 0.2) is 186 Å². The van der Waals surface area contributed by atoms with Crippen molar-refractivity contribution in [1.82, 2.24) is 18.7 Å². The number of nitrogens with zero attached hydrogens (tertiary/aromatic N) is 4. The maximum atomic E-state index is 6.77. The predicted octanol–water partition coefficient (Wildman–Crippen LogP) is 13.7. The summed E-state index contributed by atoms with van der Waals surface area (Å²) in [6.45, 7) is 6.89. The zero-order valence-electron chi connectivity index (χ0n) is 33.5.